The van der Waals surface area contributed by atoms with Crippen LogP contribution in [0.15, 0.2) is 66.7 Å². The Kier molecular flexibility index (Phi) is 6.52. The zero-order chi connectivity index (χ0) is 23.5. The molecule has 1 heterocycles. The van der Waals surface area contributed by atoms with Crippen molar-refractivity contribution >= 4 is 5.69 Å². The van der Waals surface area contributed by atoms with E-state index in [2.05, 4.69) is 4.85 Å². The highest BCUT2D eigenvalue weighted by atomic mass is 19.4. The quantitative estimate of drug-likeness (QED) is 0.434. The molecule has 170 valence electrons. The van der Waals surface area contributed by atoms with Gasteiger partial charge in [0.1, 0.15) is 5.60 Å². The summed E-state index contributed by atoms with van der Waals surface area (Å²) in [4.78, 5) is 3.44. The topological polar surface area (TPSA) is 48.8 Å². The SMILES string of the molecule is [C-]#[N+]c1ccccc1-c1cc(COCC2(CCN)OCc3ccccc32)cc(C(F)(F)F)c1. The lowest BCUT2D eigenvalue weighted by molar-refractivity contribution is -0.137. The van der Waals surface area contributed by atoms with Gasteiger partial charge in [-0.1, -0.05) is 54.6 Å². The molecule has 1 unspecified atom stereocenters. The molecular formula is C26H23F3N2O2. The molecule has 1 aliphatic rings. The maximum absolute atomic E-state index is 13.6. The fourth-order valence-electron chi connectivity index (χ4n) is 4.26. The Morgan fingerprint density at radius 3 is 2.58 bits per heavy atom. The van der Waals surface area contributed by atoms with Crippen LogP contribution in [0.3, 0.4) is 0 Å². The number of nitrogens with zero attached hydrogens (tertiary/aromatic N) is 1. The zero-order valence-electron chi connectivity index (χ0n) is 17.9. The molecule has 0 amide bonds. The lowest BCUT2D eigenvalue weighted by Crippen LogP contribution is -2.34. The molecular weight excluding hydrogens is 429 g/mol. The molecule has 0 fully saturated rings. The predicted octanol–water partition coefficient (Wildman–Crippen LogP) is 6.21. The minimum Gasteiger partial charge on any atom is -0.373 e. The Morgan fingerprint density at radius 2 is 1.82 bits per heavy atom. The van der Waals surface area contributed by atoms with Crippen LogP contribution in [0.25, 0.3) is 16.0 Å². The highest BCUT2D eigenvalue weighted by Gasteiger charge is 2.39. The Balaban J connectivity index is 1.61. The lowest BCUT2D eigenvalue weighted by atomic mass is 9.90. The second-order valence-corrected chi connectivity index (χ2v) is 8.02. The van der Waals surface area contributed by atoms with Gasteiger partial charge < -0.3 is 15.2 Å². The molecule has 0 bridgehead atoms. The van der Waals surface area contributed by atoms with Crippen LogP contribution in [0.1, 0.15) is 28.7 Å². The normalized spacial score (nSPS) is 17.5. The molecule has 0 saturated heterocycles. The van der Waals surface area contributed by atoms with Crippen molar-refractivity contribution in [3.63, 3.8) is 0 Å². The molecule has 1 atom stereocenters. The largest absolute Gasteiger partial charge is 0.416 e. The van der Waals surface area contributed by atoms with Gasteiger partial charge in [-0.2, -0.15) is 13.2 Å². The minimum absolute atomic E-state index is 0.0328. The van der Waals surface area contributed by atoms with Crippen molar-refractivity contribution in [2.24, 2.45) is 5.73 Å². The summed E-state index contributed by atoms with van der Waals surface area (Å²) in [6, 6.07) is 18.2. The smallest absolute Gasteiger partial charge is 0.373 e. The molecule has 0 aromatic heterocycles. The van der Waals surface area contributed by atoms with E-state index in [9.17, 15) is 13.2 Å². The van der Waals surface area contributed by atoms with E-state index in [0.717, 1.165) is 23.3 Å². The maximum Gasteiger partial charge on any atom is 0.416 e. The lowest BCUT2D eigenvalue weighted by Gasteiger charge is -2.29. The van der Waals surface area contributed by atoms with Crippen molar-refractivity contribution in [3.05, 3.63) is 100 Å². The average Bonchev–Trinajstić information content (AvgIpc) is 3.17. The summed E-state index contributed by atoms with van der Waals surface area (Å²) in [5.74, 6) is 0. The first-order valence-corrected chi connectivity index (χ1v) is 10.5. The number of para-hydroxylation sites is 1. The number of hydrogen-bond donors (Lipinski definition) is 1. The number of alkyl halides is 3. The van der Waals surface area contributed by atoms with Gasteiger partial charge in [0, 0.05) is 0 Å². The Labute approximate surface area is 190 Å². The molecule has 0 radical (unpaired) electrons. The molecule has 0 aliphatic carbocycles. The zero-order valence-corrected chi connectivity index (χ0v) is 17.9. The molecule has 1 aliphatic heterocycles. The third-order valence-electron chi connectivity index (χ3n) is 5.82. The fraction of sp³-hybridized carbons (Fsp3) is 0.269. The van der Waals surface area contributed by atoms with Gasteiger partial charge in [0.15, 0.2) is 5.69 Å². The van der Waals surface area contributed by atoms with Crippen LogP contribution >= 0.6 is 0 Å². The summed E-state index contributed by atoms with van der Waals surface area (Å²) in [7, 11) is 0. The fourth-order valence-corrected chi connectivity index (χ4v) is 4.26. The van der Waals surface area contributed by atoms with Crippen LogP contribution in [-0.4, -0.2) is 13.2 Å². The molecule has 4 nitrogen and oxygen atoms in total. The third-order valence-corrected chi connectivity index (χ3v) is 5.82. The number of rotatable bonds is 7. The number of nitrogens with two attached hydrogens (primary N) is 1. The van der Waals surface area contributed by atoms with Crippen LogP contribution in [0, 0.1) is 6.57 Å². The van der Waals surface area contributed by atoms with Crippen molar-refractivity contribution in [2.45, 2.75) is 31.4 Å². The van der Waals surface area contributed by atoms with E-state index in [0.29, 0.717) is 42.0 Å². The van der Waals surface area contributed by atoms with Gasteiger partial charge in [-0.15, -0.1) is 0 Å². The first-order valence-electron chi connectivity index (χ1n) is 10.5. The molecule has 2 N–H and O–H groups in total. The van der Waals surface area contributed by atoms with Gasteiger partial charge in [-0.25, -0.2) is 4.85 Å². The Hall–Kier alpha value is -3.18. The van der Waals surface area contributed by atoms with E-state index in [4.69, 9.17) is 21.8 Å². The number of ether oxygens (including phenoxy) is 2. The summed E-state index contributed by atoms with van der Waals surface area (Å²) < 4.78 is 52.8. The van der Waals surface area contributed by atoms with E-state index in [1.807, 2.05) is 24.3 Å². The first-order chi connectivity index (χ1) is 15.9. The number of benzene rings is 3. The Morgan fingerprint density at radius 1 is 1.06 bits per heavy atom. The van der Waals surface area contributed by atoms with Crippen LogP contribution in [0.4, 0.5) is 18.9 Å². The highest BCUT2D eigenvalue weighted by molar-refractivity contribution is 5.79. The summed E-state index contributed by atoms with van der Waals surface area (Å²) in [6.07, 6.45) is -3.98. The van der Waals surface area contributed by atoms with Crippen molar-refractivity contribution in [2.75, 3.05) is 13.2 Å². The van der Waals surface area contributed by atoms with Crippen molar-refractivity contribution in [3.8, 4) is 11.1 Å². The van der Waals surface area contributed by atoms with Crippen molar-refractivity contribution in [1.29, 1.82) is 0 Å². The van der Waals surface area contributed by atoms with E-state index in [1.54, 1.807) is 30.3 Å². The van der Waals surface area contributed by atoms with E-state index < -0.39 is 17.3 Å². The summed E-state index contributed by atoms with van der Waals surface area (Å²) >= 11 is 0. The van der Waals surface area contributed by atoms with Gasteiger partial charge in [0.2, 0.25) is 0 Å². The third kappa shape index (κ3) is 4.79. The molecule has 0 spiro atoms. The predicted molar refractivity (Wildman–Crippen MR) is 119 cm³/mol. The van der Waals surface area contributed by atoms with E-state index in [-0.39, 0.29) is 13.2 Å². The average molecular weight is 452 g/mol. The first kappa shape index (κ1) is 23.0. The minimum atomic E-state index is -4.52. The maximum atomic E-state index is 13.6. The van der Waals surface area contributed by atoms with Crippen LogP contribution in [-0.2, 0) is 34.5 Å². The second-order valence-electron chi connectivity index (χ2n) is 8.02. The van der Waals surface area contributed by atoms with Crippen molar-refractivity contribution < 1.29 is 22.6 Å². The standard InChI is InChI=1S/C26H23F3N2O2/c1-31-24-9-5-3-7-22(24)20-12-18(13-21(14-20)26(27,28)29)15-32-17-25(10-11-30)23-8-4-2-6-19(23)16-33-25/h2-9,12-14H,10-11,15-17,30H2. The number of halogens is 3. The molecule has 0 saturated carbocycles. The van der Waals surface area contributed by atoms with Crippen molar-refractivity contribution in [1.82, 2.24) is 0 Å². The monoisotopic (exact) mass is 452 g/mol. The van der Waals surface area contributed by atoms with Gasteiger partial charge in [0.05, 0.1) is 32.0 Å². The molecule has 33 heavy (non-hydrogen) atoms. The number of hydrogen-bond acceptors (Lipinski definition) is 3. The van der Waals surface area contributed by atoms with Crippen LogP contribution in [0.2, 0.25) is 0 Å². The van der Waals surface area contributed by atoms with Gasteiger partial charge in [0.25, 0.3) is 0 Å². The van der Waals surface area contributed by atoms with Crippen LogP contribution in [0.5, 0.6) is 0 Å². The second kappa shape index (κ2) is 9.36. The van der Waals surface area contributed by atoms with Crippen LogP contribution < -0.4 is 5.73 Å². The molecule has 4 rings (SSSR count). The number of fused-ring (bicyclic) bond motifs is 1. The molecule has 3 aromatic rings. The molecule has 7 heteroatoms. The summed E-state index contributed by atoms with van der Waals surface area (Å²) in [6.45, 7) is 8.32. The Bertz CT molecular complexity index is 1180. The van der Waals surface area contributed by atoms with Gasteiger partial charge in [-0.3, -0.25) is 0 Å². The van der Waals surface area contributed by atoms with Gasteiger partial charge in [-0.05, 0) is 52.9 Å². The van der Waals surface area contributed by atoms with Gasteiger partial charge >= 0.3 is 6.18 Å². The van der Waals surface area contributed by atoms with E-state index in [1.165, 1.54) is 0 Å². The summed E-state index contributed by atoms with van der Waals surface area (Å²) in [5.41, 5.74) is 7.84. The van der Waals surface area contributed by atoms with E-state index >= 15 is 0 Å². The summed E-state index contributed by atoms with van der Waals surface area (Å²) in [5, 5.41) is 0. The molecule has 3 aromatic carbocycles. The highest BCUT2D eigenvalue weighted by Crippen LogP contribution is 2.40.